The molecule has 14 heavy (non-hydrogen) atoms. The Hall–Kier alpha value is -1.49. The minimum atomic E-state index is 0.690. The van der Waals surface area contributed by atoms with Gasteiger partial charge in [-0.25, -0.2) is 4.98 Å². The lowest BCUT2D eigenvalue weighted by atomic mass is 10.3. The lowest BCUT2D eigenvalue weighted by Crippen LogP contribution is -2.00. The van der Waals surface area contributed by atoms with Gasteiger partial charge in [-0.2, -0.15) is 4.37 Å². The van der Waals surface area contributed by atoms with Crippen LogP contribution in [0.1, 0.15) is 11.3 Å². The quantitative estimate of drug-likeness (QED) is 0.832. The maximum Gasteiger partial charge on any atom is 0.202 e. The van der Waals surface area contributed by atoms with Crippen molar-refractivity contribution in [1.29, 1.82) is 0 Å². The highest BCUT2D eigenvalue weighted by molar-refractivity contribution is 7.09. The van der Waals surface area contributed by atoms with Crippen molar-refractivity contribution in [3.63, 3.8) is 0 Å². The van der Waals surface area contributed by atoms with Crippen LogP contribution in [-0.4, -0.2) is 14.3 Å². The van der Waals surface area contributed by atoms with E-state index in [0.717, 1.165) is 10.8 Å². The Morgan fingerprint density at radius 2 is 2.29 bits per heavy atom. The molecular formula is C9H10N4S. The highest BCUT2D eigenvalue weighted by Gasteiger charge is 1.96. The third-order valence-corrected chi connectivity index (χ3v) is 2.38. The number of hydrogen-bond donors (Lipinski definition) is 1. The normalized spacial score (nSPS) is 10.1. The summed E-state index contributed by atoms with van der Waals surface area (Å²) in [5.41, 5.74) is 2.18. The molecule has 2 rings (SSSR count). The van der Waals surface area contributed by atoms with E-state index >= 15 is 0 Å². The van der Waals surface area contributed by atoms with Crippen LogP contribution in [0.3, 0.4) is 0 Å². The molecule has 0 fully saturated rings. The van der Waals surface area contributed by atoms with Crippen molar-refractivity contribution in [2.75, 3.05) is 5.32 Å². The minimum Gasteiger partial charge on any atom is -0.355 e. The highest BCUT2D eigenvalue weighted by atomic mass is 32.1. The van der Waals surface area contributed by atoms with E-state index in [9.17, 15) is 0 Å². The molecule has 0 aliphatic carbocycles. The second kappa shape index (κ2) is 4.15. The Bertz CT molecular complexity index is 382. The summed E-state index contributed by atoms with van der Waals surface area (Å²) < 4.78 is 3.90. The predicted molar refractivity (Wildman–Crippen MR) is 56.2 cm³/mol. The second-order valence-corrected chi connectivity index (χ2v) is 3.71. The lowest BCUT2D eigenvalue weighted by Gasteiger charge is -2.01. The molecule has 72 valence electrons. The largest absolute Gasteiger partial charge is 0.355 e. The first-order valence-corrected chi connectivity index (χ1v) is 5.04. The average molecular weight is 206 g/mol. The number of nitrogens with zero attached hydrogens (tertiary/aromatic N) is 3. The zero-order chi connectivity index (χ0) is 9.80. The Morgan fingerprint density at radius 1 is 1.36 bits per heavy atom. The van der Waals surface area contributed by atoms with Crippen molar-refractivity contribution in [2.45, 2.75) is 13.5 Å². The molecule has 0 saturated carbocycles. The molecule has 4 nitrogen and oxygen atoms in total. The van der Waals surface area contributed by atoms with Crippen LogP contribution >= 0.6 is 11.5 Å². The van der Waals surface area contributed by atoms with E-state index in [0.29, 0.717) is 6.54 Å². The number of hydrogen-bond acceptors (Lipinski definition) is 5. The van der Waals surface area contributed by atoms with Crippen LogP contribution in [0.5, 0.6) is 0 Å². The zero-order valence-electron chi connectivity index (χ0n) is 7.77. The monoisotopic (exact) mass is 206 g/mol. The van der Waals surface area contributed by atoms with Gasteiger partial charge < -0.3 is 5.32 Å². The smallest absolute Gasteiger partial charge is 0.202 e. The van der Waals surface area contributed by atoms with Crippen molar-refractivity contribution in [2.24, 2.45) is 0 Å². The third kappa shape index (κ3) is 2.26. The van der Waals surface area contributed by atoms with Crippen LogP contribution in [0.4, 0.5) is 5.13 Å². The number of rotatable bonds is 3. The standard InChI is InChI=1S/C9H10N4S/c1-7-2-3-8(10-4-7)5-11-9-12-6-13-14-9/h2-4,6H,5H2,1H3,(H,11,12,13). The molecule has 0 unspecified atom stereocenters. The summed E-state index contributed by atoms with van der Waals surface area (Å²) in [6.45, 7) is 2.71. The van der Waals surface area contributed by atoms with E-state index in [2.05, 4.69) is 19.7 Å². The molecule has 0 spiro atoms. The molecule has 0 amide bonds. The van der Waals surface area contributed by atoms with Crippen LogP contribution in [0.25, 0.3) is 0 Å². The molecule has 2 aromatic rings. The van der Waals surface area contributed by atoms with Crippen molar-refractivity contribution >= 4 is 16.7 Å². The van der Waals surface area contributed by atoms with Gasteiger partial charge in [0.25, 0.3) is 0 Å². The van der Waals surface area contributed by atoms with Crippen molar-refractivity contribution in [3.8, 4) is 0 Å². The van der Waals surface area contributed by atoms with Crippen molar-refractivity contribution < 1.29 is 0 Å². The van der Waals surface area contributed by atoms with Crippen LogP contribution < -0.4 is 5.32 Å². The SMILES string of the molecule is Cc1ccc(CNc2ncns2)nc1. The second-order valence-electron chi connectivity index (χ2n) is 2.93. The summed E-state index contributed by atoms with van der Waals surface area (Å²) >= 11 is 1.35. The van der Waals surface area contributed by atoms with Crippen LogP contribution in [0.2, 0.25) is 0 Å². The summed E-state index contributed by atoms with van der Waals surface area (Å²) in [5, 5.41) is 3.97. The van der Waals surface area contributed by atoms with Gasteiger partial charge >= 0.3 is 0 Å². The van der Waals surface area contributed by atoms with Gasteiger partial charge in [0.1, 0.15) is 6.33 Å². The molecule has 0 atom stereocenters. The van der Waals surface area contributed by atoms with Gasteiger partial charge in [0.05, 0.1) is 12.2 Å². The number of aromatic nitrogens is 3. The van der Waals surface area contributed by atoms with Crippen molar-refractivity contribution in [1.82, 2.24) is 14.3 Å². The molecule has 0 saturated heterocycles. The van der Waals surface area contributed by atoms with Gasteiger partial charge in [0.15, 0.2) is 0 Å². The maximum atomic E-state index is 4.27. The van der Waals surface area contributed by atoms with Gasteiger partial charge in [0.2, 0.25) is 5.13 Å². The van der Waals surface area contributed by atoms with Gasteiger partial charge in [-0.1, -0.05) is 6.07 Å². The molecule has 2 aromatic heterocycles. The topological polar surface area (TPSA) is 50.7 Å². The first-order valence-electron chi connectivity index (χ1n) is 4.26. The number of anilines is 1. The van der Waals surface area contributed by atoms with Gasteiger partial charge in [0, 0.05) is 17.7 Å². The van der Waals surface area contributed by atoms with Gasteiger partial charge in [-0.05, 0) is 18.6 Å². The molecule has 0 aromatic carbocycles. The Morgan fingerprint density at radius 3 is 2.93 bits per heavy atom. The van der Waals surface area contributed by atoms with E-state index in [4.69, 9.17) is 0 Å². The first-order chi connectivity index (χ1) is 6.84. The minimum absolute atomic E-state index is 0.690. The average Bonchev–Trinajstić information content (AvgIpc) is 2.70. The third-order valence-electron chi connectivity index (χ3n) is 1.75. The fourth-order valence-electron chi connectivity index (χ4n) is 1.02. The van der Waals surface area contributed by atoms with Gasteiger partial charge in [-0.15, -0.1) is 0 Å². The summed E-state index contributed by atoms with van der Waals surface area (Å²) in [7, 11) is 0. The lowest BCUT2D eigenvalue weighted by molar-refractivity contribution is 1.03. The zero-order valence-corrected chi connectivity index (χ0v) is 8.58. The summed E-state index contributed by atoms with van der Waals surface area (Å²) in [6.07, 6.45) is 3.40. The molecule has 1 N–H and O–H groups in total. The molecule has 0 bridgehead atoms. The summed E-state index contributed by atoms with van der Waals surface area (Å²) in [6, 6.07) is 4.05. The summed E-state index contributed by atoms with van der Waals surface area (Å²) in [5.74, 6) is 0. The number of pyridine rings is 1. The van der Waals surface area contributed by atoms with Crippen LogP contribution in [0.15, 0.2) is 24.7 Å². The van der Waals surface area contributed by atoms with Gasteiger partial charge in [-0.3, -0.25) is 4.98 Å². The van der Waals surface area contributed by atoms with E-state index in [1.54, 1.807) is 0 Å². The first kappa shape index (κ1) is 9.08. The number of aryl methyl sites for hydroxylation is 1. The number of nitrogens with one attached hydrogen (secondary N) is 1. The van der Waals surface area contributed by atoms with E-state index in [-0.39, 0.29) is 0 Å². The van der Waals surface area contributed by atoms with E-state index in [1.807, 2.05) is 25.3 Å². The van der Waals surface area contributed by atoms with E-state index < -0.39 is 0 Å². The maximum absolute atomic E-state index is 4.27. The summed E-state index contributed by atoms with van der Waals surface area (Å²) in [4.78, 5) is 8.29. The molecule has 0 aliphatic rings. The molecule has 0 radical (unpaired) electrons. The fourth-order valence-corrected chi connectivity index (χ4v) is 1.45. The molecule has 2 heterocycles. The van der Waals surface area contributed by atoms with Crippen molar-refractivity contribution in [3.05, 3.63) is 35.9 Å². The van der Waals surface area contributed by atoms with E-state index in [1.165, 1.54) is 23.4 Å². The molecule has 5 heteroatoms. The Balaban J connectivity index is 1.95. The molecular weight excluding hydrogens is 196 g/mol. The highest BCUT2D eigenvalue weighted by Crippen LogP contribution is 2.08. The fraction of sp³-hybridized carbons (Fsp3) is 0.222. The molecule has 0 aliphatic heterocycles. The Labute approximate surface area is 86.2 Å². The van der Waals surface area contributed by atoms with Crippen LogP contribution in [-0.2, 0) is 6.54 Å². The predicted octanol–water partition coefficient (Wildman–Crippen LogP) is 1.85. The Kier molecular flexibility index (Phi) is 2.69. The van der Waals surface area contributed by atoms with Crippen LogP contribution in [0, 0.1) is 6.92 Å².